The Hall–Kier alpha value is -1.63. The first-order chi connectivity index (χ1) is 7.61. The van der Waals surface area contributed by atoms with E-state index >= 15 is 0 Å². The molecule has 7 heteroatoms. The third kappa shape index (κ3) is 8.21. The molecule has 0 aliphatic rings. The van der Waals surface area contributed by atoms with E-state index in [-0.39, 0.29) is 19.4 Å². The molecule has 0 radical (unpaired) electrons. The minimum atomic E-state index is -1.22. The standard InChI is InChI=1S/C10H18N2O5/c1-12(2,3)6-8(13)11-7(10(16)17)4-5-9(14)15/h7H,4-6H2,1-3H3,(H2-,11,13,14,15,16,17)/p+1/t7-/m1/s1. The molecule has 0 aliphatic carbocycles. The Labute approximate surface area is 99.6 Å². The van der Waals surface area contributed by atoms with Crippen molar-refractivity contribution in [2.45, 2.75) is 18.9 Å². The normalized spacial score (nSPS) is 12.9. The number of quaternary nitrogens is 1. The second kappa shape index (κ2) is 6.19. The van der Waals surface area contributed by atoms with E-state index in [1.54, 1.807) is 21.1 Å². The number of hydrogen-bond donors (Lipinski definition) is 3. The average Bonchev–Trinajstić information content (AvgIpc) is 2.08. The summed E-state index contributed by atoms with van der Waals surface area (Å²) in [5.74, 6) is -2.71. The number of aliphatic carboxylic acids is 2. The number of hydrogen-bond acceptors (Lipinski definition) is 3. The summed E-state index contributed by atoms with van der Waals surface area (Å²) in [6.45, 7) is 0.136. The van der Waals surface area contributed by atoms with E-state index in [1.165, 1.54) is 0 Å². The number of carbonyl (C=O) groups excluding carboxylic acids is 1. The molecule has 1 atom stereocenters. The highest BCUT2D eigenvalue weighted by atomic mass is 16.4. The first-order valence-electron chi connectivity index (χ1n) is 5.16. The Morgan fingerprint density at radius 2 is 1.71 bits per heavy atom. The predicted molar refractivity (Wildman–Crippen MR) is 59.3 cm³/mol. The van der Waals surface area contributed by atoms with Crippen LogP contribution in [0.25, 0.3) is 0 Å². The van der Waals surface area contributed by atoms with Crippen LogP contribution >= 0.6 is 0 Å². The van der Waals surface area contributed by atoms with Gasteiger partial charge in [-0.05, 0) is 6.42 Å². The summed E-state index contributed by atoms with van der Waals surface area (Å²) in [4.78, 5) is 32.6. The van der Waals surface area contributed by atoms with Crippen LogP contribution in [0.4, 0.5) is 0 Å². The maximum atomic E-state index is 11.5. The summed E-state index contributed by atoms with van der Waals surface area (Å²) in [6.07, 6.45) is -0.408. The lowest BCUT2D eigenvalue weighted by Gasteiger charge is -2.24. The molecule has 0 spiro atoms. The van der Waals surface area contributed by atoms with Crippen LogP contribution in [0, 0.1) is 0 Å². The van der Waals surface area contributed by atoms with Gasteiger partial charge in [-0.15, -0.1) is 0 Å². The number of nitrogens with one attached hydrogen (secondary N) is 1. The number of amides is 1. The molecule has 0 bridgehead atoms. The van der Waals surface area contributed by atoms with Crippen LogP contribution in [0.2, 0.25) is 0 Å². The molecular weight excluding hydrogens is 228 g/mol. The fourth-order valence-electron chi connectivity index (χ4n) is 1.20. The lowest BCUT2D eigenvalue weighted by Crippen LogP contribution is -2.49. The van der Waals surface area contributed by atoms with Crippen molar-refractivity contribution in [3.05, 3.63) is 0 Å². The first-order valence-corrected chi connectivity index (χ1v) is 5.16. The lowest BCUT2D eigenvalue weighted by molar-refractivity contribution is -0.862. The Morgan fingerprint density at radius 1 is 1.18 bits per heavy atom. The average molecular weight is 247 g/mol. The lowest BCUT2D eigenvalue weighted by atomic mass is 10.1. The number of likely N-dealkylation sites (N-methyl/N-ethyl adjacent to an activating group) is 1. The number of nitrogens with zero attached hydrogens (tertiary/aromatic N) is 1. The summed E-state index contributed by atoms with van der Waals surface area (Å²) in [5.41, 5.74) is 0. The fourth-order valence-corrected chi connectivity index (χ4v) is 1.20. The van der Waals surface area contributed by atoms with Crippen LogP contribution in [0.5, 0.6) is 0 Å². The van der Waals surface area contributed by atoms with Crippen LogP contribution < -0.4 is 5.32 Å². The molecule has 98 valence electrons. The van der Waals surface area contributed by atoms with Gasteiger partial charge in [0.25, 0.3) is 5.91 Å². The number of carbonyl (C=O) groups is 3. The molecule has 0 aromatic rings. The maximum absolute atomic E-state index is 11.5. The molecule has 3 N–H and O–H groups in total. The van der Waals surface area contributed by atoms with Crippen molar-refractivity contribution in [3.8, 4) is 0 Å². The maximum Gasteiger partial charge on any atom is 0.326 e. The molecule has 0 aliphatic heterocycles. The predicted octanol–water partition coefficient (Wildman–Crippen LogP) is -0.873. The molecule has 0 aromatic heterocycles. The van der Waals surface area contributed by atoms with E-state index in [0.717, 1.165) is 0 Å². The fraction of sp³-hybridized carbons (Fsp3) is 0.700. The minimum absolute atomic E-state index is 0.118. The van der Waals surface area contributed by atoms with Gasteiger partial charge < -0.3 is 20.0 Å². The van der Waals surface area contributed by atoms with Crippen molar-refractivity contribution in [1.82, 2.24) is 5.32 Å². The quantitative estimate of drug-likeness (QED) is 0.507. The molecule has 0 unspecified atom stereocenters. The van der Waals surface area contributed by atoms with Gasteiger partial charge in [0.05, 0.1) is 21.1 Å². The zero-order valence-corrected chi connectivity index (χ0v) is 10.3. The third-order valence-electron chi connectivity index (χ3n) is 1.90. The van der Waals surface area contributed by atoms with Gasteiger partial charge in [-0.1, -0.05) is 0 Å². The van der Waals surface area contributed by atoms with Gasteiger partial charge in [-0.25, -0.2) is 4.79 Å². The molecule has 0 heterocycles. The van der Waals surface area contributed by atoms with Gasteiger partial charge in [0.2, 0.25) is 0 Å². The number of carboxylic acid groups (broad SMARTS) is 2. The highest BCUT2D eigenvalue weighted by molar-refractivity contribution is 5.84. The summed E-state index contributed by atoms with van der Waals surface area (Å²) in [7, 11) is 5.39. The molecule has 0 saturated heterocycles. The molecule has 17 heavy (non-hydrogen) atoms. The second-order valence-corrected chi connectivity index (χ2v) is 4.84. The van der Waals surface area contributed by atoms with E-state index in [9.17, 15) is 14.4 Å². The van der Waals surface area contributed by atoms with Crippen molar-refractivity contribution in [2.24, 2.45) is 0 Å². The summed E-state index contributed by atoms with van der Waals surface area (Å²) in [6, 6.07) is -1.15. The summed E-state index contributed by atoms with van der Waals surface area (Å²) in [5, 5.41) is 19.6. The van der Waals surface area contributed by atoms with E-state index in [2.05, 4.69) is 5.32 Å². The van der Waals surface area contributed by atoms with Crippen LogP contribution in [0.15, 0.2) is 0 Å². The molecular formula is C10H19N2O5+. The minimum Gasteiger partial charge on any atom is -0.481 e. The summed E-state index contributed by atoms with van der Waals surface area (Å²) >= 11 is 0. The van der Waals surface area contributed by atoms with E-state index in [0.29, 0.717) is 4.48 Å². The van der Waals surface area contributed by atoms with Gasteiger partial charge in [-0.2, -0.15) is 0 Å². The Balaban J connectivity index is 4.30. The molecule has 1 amide bonds. The molecule has 7 nitrogen and oxygen atoms in total. The topological polar surface area (TPSA) is 104 Å². The summed E-state index contributed by atoms with van der Waals surface area (Å²) < 4.78 is 0.372. The Morgan fingerprint density at radius 3 is 2.06 bits per heavy atom. The highest BCUT2D eigenvalue weighted by Gasteiger charge is 2.23. The number of rotatable bonds is 7. The number of carboxylic acids is 2. The molecule has 0 aromatic carbocycles. The van der Waals surface area contributed by atoms with Crippen molar-refractivity contribution >= 4 is 17.8 Å². The van der Waals surface area contributed by atoms with Gasteiger partial charge in [0.15, 0.2) is 6.54 Å². The van der Waals surface area contributed by atoms with Crippen LogP contribution in [0.1, 0.15) is 12.8 Å². The second-order valence-electron chi connectivity index (χ2n) is 4.84. The van der Waals surface area contributed by atoms with E-state index < -0.39 is 23.9 Å². The first kappa shape index (κ1) is 15.4. The smallest absolute Gasteiger partial charge is 0.326 e. The zero-order valence-electron chi connectivity index (χ0n) is 10.3. The van der Waals surface area contributed by atoms with Gasteiger partial charge >= 0.3 is 11.9 Å². The third-order valence-corrected chi connectivity index (χ3v) is 1.90. The highest BCUT2D eigenvalue weighted by Crippen LogP contribution is 1.99. The van der Waals surface area contributed by atoms with Crippen molar-refractivity contribution in [1.29, 1.82) is 0 Å². The largest absolute Gasteiger partial charge is 0.481 e. The molecule has 0 saturated carbocycles. The molecule has 0 fully saturated rings. The monoisotopic (exact) mass is 247 g/mol. The zero-order chi connectivity index (χ0) is 13.6. The van der Waals surface area contributed by atoms with Gasteiger partial charge in [0, 0.05) is 6.42 Å². The SMILES string of the molecule is C[N+](C)(C)CC(=O)N[C@H](CCC(=O)O)C(=O)O. The van der Waals surface area contributed by atoms with Crippen LogP contribution in [0.3, 0.4) is 0 Å². The van der Waals surface area contributed by atoms with Gasteiger partial charge in [-0.3, -0.25) is 9.59 Å². The van der Waals surface area contributed by atoms with Crippen molar-refractivity contribution in [3.63, 3.8) is 0 Å². The van der Waals surface area contributed by atoms with Crippen LogP contribution in [-0.2, 0) is 14.4 Å². The van der Waals surface area contributed by atoms with E-state index in [1.807, 2.05) is 0 Å². The van der Waals surface area contributed by atoms with Crippen molar-refractivity contribution < 1.29 is 29.1 Å². The Kier molecular flexibility index (Phi) is 5.60. The molecule has 0 rings (SSSR count). The van der Waals surface area contributed by atoms with Crippen LogP contribution in [-0.4, -0.2) is 66.3 Å². The van der Waals surface area contributed by atoms with Crippen molar-refractivity contribution in [2.75, 3.05) is 27.7 Å². The Bertz CT molecular complexity index is 308. The van der Waals surface area contributed by atoms with E-state index in [4.69, 9.17) is 10.2 Å². The van der Waals surface area contributed by atoms with Gasteiger partial charge in [0.1, 0.15) is 6.04 Å².